The molecular formula is C81H32F3N15. The zero-order chi connectivity index (χ0) is 69.7. The van der Waals surface area contributed by atoms with E-state index >= 15 is 13.2 Å². The van der Waals surface area contributed by atoms with Gasteiger partial charge in [-0.15, -0.1) is 0 Å². The maximum absolute atomic E-state index is 15.5. The van der Waals surface area contributed by atoms with E-state index in [1.165, 1.54) is 54.6 Å². The molecule has 0 atom stereocenters. The summed E-state index contributed by atoms with van der Waals surface area (Å²) < 4.78 is 50.3. The molecule has 0 N–H and O–H groups in total. The first-order valence-corrected chi connectivity index (χ1v) is 29.5. The lowest BCUT2D eigenvalue weighted by atomic mass is 9.90. The second kappa shape index (κ2) is 24.3. The highest BCUT2D eigenvalue weighted by Crippen LogP contribution is 2.51. The van der Waals surface area contributed by atoms with Gasteiger partial charge in [-0.1, -0.05) is 60.7 Å². The average Bonchev–Trinajstić information content (AvgIpc) is 1.59. The van der Waals surface area contributed by atoms with Crippen molar-refractivity contribution in [2.45, 2.75) is 13.1 Å². The van der Waals surface area contributed by atoms with Crippen LogP contribution in [0.2, 0.25) is 0 Å². The third kappa shape index (κ3) is 10.1. The Labute approximate surface area is 562 Å². The van der Waals surface area contributed by atoms with Gasteiger partial charge in [0.2, 0.25) is 0 Å². The van der Waals surface area contributed by atoms with Gasteiger partial charge in [0.1, 0.15) is 0 Å². The monoisotopic (exact) mass is 1270 g/mol. The molecule has 0 amide bonds. The van der Waals surface area contributed by atoms with Gasteiger partial charge in [0.05, 0.1) is 137 Å². The molecule has 13 rings (SSSR count). The van der Waals surface area contributed by atoms with Crippen molar-refractivity contribution in [3.8, 4) is 121 Å². The van der Waals surface area contributed by atoms with Crippen molar-refractivity contribution in [2.75, 3.05) is 0 Å². The number of hydrogen-bond acceptors (Lipinski definition) is 7. The first-order chi connectivity index (χ1) is 48.0. The number of nitriles is 7. The molecule has 99 heavy (non-hydrogen) atoms. The highest BCUT2D eigenvalue weighted by molar-refractivity contribution is 6.16. The molecule has 0 spiro atoms. The number of aryl methyl sites for hydroxylation is 1. The first kappa shape index (κ1) is 62.0. The topological polar surface area (TPSA) is 203 Å². The van der Waals surface area contributed by atoms with Gasteiger partial charge in [0.15, 0.2) is 34.1 Å². The standard InChI is InChI=1S/C81H32F3N15/c1-44-10-8-11-64(81(82,83)84)75(44)47-14-23-73(98-69-20-16-49(77-52(39-87)24-45(37-85)26-66(77)95-5)32-60(69)61-34-51(17-21-70(61)98)79-56(43-91)30-58(93-3)36-68(79)97-7)63(35-47)80-65(94-4)12-9-13-74(80)99-71-19-15-48(76-54(41-89)28-57(92-2)29-55(76)42-90)31-59(71)62-33-50(18-22-72(62)99)78-53(40-88)25-46(38-86)27-67(78)96-6/h8-36H,1H3. The number of aromatic nitrogens is 2. The molecular weight excluding hydrogens is 1240 g/mol. The summed E-state index contributed by atoms with van der Waals surface area (Å²) in [7, 11) is 0. The normalized spacial score (nSPS) is 10.7. The second-order valence-corrected chi connectivity index (χ2v) is 22.6. The summed E-state index contributed by atoms with van der Waals surface area (Å²) in [5, 5.41) is 74.6. The van der Waals surface area contributed by atoms with Crippen LogP contribution < -0.4 is 0 Å². The van der Waals surface area contributed by atoms with Crippen molar-refractivity contribution < 1.29 is 13.2 Å². The highest BCUT2D eigenvalue weighted by Gasteiger charge is 2.35. The van der Waals surface area contributed by atoms with Crippen molar-refractivity contribution in [1.82, 2.24) is 9.13 Å². The molecule has 0 radical (unpaired) electrons. The lowest BCUT2D eigenvalue weighted by Gasteiger charge is -2.22. The van der Waals surface area contributed by atoms with Crippen LogP contribution in [0.5, 0.6) is 0 Å². The molecule has 0 bridgehead atoms. The Bertz CT molecular complexity index is 6040. The fraction of sp³-hybridized carbons (Fsp3) is 0.0247. The van der Waals surface area contributed by atoms with Gasteiger partial charge < -0.3 is 9.13 Å². The summed E-state index contributed by atoms with van der Waals surface area (Å²) >= 11 is 0. The van der Waals surface area contributed by atoms with Gasteiger partial charge in [-0.2, -0.15) is 50.0 Å². The molecule has 11 aromatic carbocycles. The third-order valence-electron chi connectivity index (χ3n) is 17.4. The summed E-state index contributed by atoms with van der Waals surface area (Å²) in [6.45, 7) is 50.7. The second-order valence-electron chi connectivity index (χ2n) is 22.6. The quantitative estimate of drug-likeness (QED) is 0.135. The number of fused-ring (bicyclic) bond motifs is 6. The van der Waals surface area contributed by atoms with Crippen LogP contribution in [0.25, 0.3) is 151 Å². The number of benzene rings is 11. The van der Waals surface area contributed by atoms with E-state index in [0.29, 0.717) is 77.2 Å². The predicted molar refractivity (Wildman–Crippen MR) is 368 cm³/mol. The molecule has 2 heterocycles. The minimum absolute atomic E-state index is 0.00567. The fourth-order valence-corrected chi connectivity index (χ4v) is 13.3. The predicted octanol–water partition coefficient (Wildman–Crippen LogP) is 21.6. The van der Waals surface area contributed by atoms with E-state index in [-0.39, 0.29) is 123 Å². The number of alkyl halides is 3. The Balaban J connectivity index is 1.18. The molecule has 0 unspecified atom stereocenters. The van der Waals surface area contributed by atoms with Crippen molar-refractivity contribution in [3.05, 3.63) is 294 Å². The Hall–Kier alpha value is -15.8. The molecule has 452 valence electrons. The minimum atomic E-state index is -4.85. The summed E-state index contributed by atoms with van der Waals surface area (Å²) in [6, 6.07) is 60.2. The molecule has 13 aromatic rings. The van der Waals surface area contributed by atoms with Gasteiger partial charge in [0.25, 0.3) is 0 Å². The average molecular weight is 1270 g/mol. The van der Waals surface area contributed by atoms with E-state index in [4.69, 9.17) is 39.4 Å². The maximum Gasteiger partial charge on any atom is 0.417 e. The van der Waals surface area contributed by atoms with Crippen molar-refractivity contribution in [3.63, 3.8) is 0 Å². The van der Waals surface area contributed by atoms with Crippen LogP contribution in [0.1, 0.15) is 50.1 Å². The molecule has 0 aliphatic heterocycles. The highest BCUT2D eigenvalue weighted by atomic mass is 19.4. The van der Waals surface area contributed by atoms with Crippen LogP contribution in [0.4, 0.5) is 47.3 Å². The Morgan fingerprint density at radius 2 is 0.707 bits per heavy atom. The van der Waals surface area contributed by atoms with E-state index in [2.05, 4.69) is 59.4 Å². The number of nitrogens with zero attached hydrogens (tertiary/aromatic N) is 15. The van der Waals surface area contributed by atoms with Gasteiger partial charge in [-0.25, -0.2) is 29.1 Å². The summed E-state index contributed by atoms with van der Waals surface area (Å²) in [6.07, 6.45) is -4.85. The smallest absolute Gasteiger partial charge is 0.310 e. The molecule has 0 aliphatic rings. The van der Waals surface area contributed by atoms with E-state index < -0.39 is 11.7 Å². The van der Waals surface area contributed by atoms with Gasteiger partial charge in [-0.05, 0) is 167 Å². The van der Waals surface area contributed by atoms with Crippen molar-refractivity contribution in [1.29, 1.82) is 36.8 Å². The number of rotatable bonds is 8. The van der Waals surface area contributed by atoms with Crippen LogP contribution >= 0.6 is 0 Å². The van der Waals surface area contributed by atoms with Crippen LogP contribution in [0.3, 0.4) is 0 Å². The maximum atomic E-state index is 15.5. The summed E-state index contributed by atoms with van der Waals surface area (Å²) in [5.41, 5.74) is 5.13. The van der Waals surface area contributed by atoms with Crippen LogP contribution in [0, 0.1) is 126 Å². The SMILES string of the molecule is [C-]#[N+]c1cc(C#N)c(-c2ccc3c(c2)c2cc(-c4c(C#N)cc(C#N)cc4[N+]#[C-])ccc2n3-c2cccc([N+]#[C-])c2-c2cc(-c3c(C)cccc3C(F)(F)F)ccc2-n2c3ccc(-c4c(C#N)cc(C#N)cc4[N+]#[C-])cc3c3cc(-c4c(C#N)cc([N+]#[C-])cc4[N+]#[C-])ccc32)c(C#N)c1. The molecule has 0 saturated heterocycles. The molecule has 0 fully saturated rings. The summed E-state index contributed by atoms with van der Waals surface area (Å²) in [5.74, 6) is 0. The van der Waals surface area contributed by atoms with E-state index in [0.717, 1.165) is 6.07 Å². The molecule has 0 aliphatic carbocycles. The number of halogens is 3. The lowest BCUT2D eigenvalue weighted by Crippen LogP contribution is -2.08. The van der Waals surface area contributed by atoms with E-state index in [9.17, 15) is 36.8 Å². The molecule has 15 nitrogen and oxygen atoms in total. The van der Waals surface area contributed by atoms with Gasteiger partial charge in [0, 0.05) is 71.7 Å². The minimum Gasteiger partial charge on any atom is -0.310 e. The van der Waals surface area contributed by atoms with Crippen molar-refractivity contribution in [2.24, 2.45) is 0 Å². The number of hydrogen-bond donors (Lipinski definition) is 0. The Kier molecular flexibility index (Phi) is 15.2. The zero-order valence-corrected chi connectivity index (χ0v) is 51.1. The van der Waals surface area contributed by atoms with Crippen molar-refractivity contribution >= 4 is 77.7 Å². The fourth-order valence-electron chi connectivity index (χ4n) is 13.3. The Morgan fingerprint density at radius 3 is 1.12 bits per heavy atom. The Morgan fingerprint density at radius 1 is 0.333 bits per heavy atom. The zero-order valence-electron chi connectivity index (χ0n) is 51.1. The third-order valence-corrected chi connectivity index (χ3v) is 17.4. The largest absolute Gasteiger partial charge is 0.417 e. The lowest BCUT2D eigenvalue weighted by molar-refractivity contribution is -0.137. The first-order valence-electron chi connectivity index (χ1n) is 29.5. The molecule has 2 aromatic heterocycles. The van der Waals surface area contributed by atoms with Gasteiger partial charge in [-0.3, -0.25) is 0 Å². The molecule has 0 saturated carbocycles. The van der Waals surface area contributed by atoms with Crippen LogP contribution in [0.15, 0.2) is 176 Å². The van der Waals surface area contributed by atoms with Crippen LogP contribution in [-0.4, -0.2) is 9.13 Å². The van der Waals surface area contributed by atoms with E-state index in [1.807, 2.05) is 21.3 Å². The van der Waals surface area contributed by atoms with E-state index in [1.54, 1.807) is 122 Å². The van der Waals surface area contributed by atoms with Crippen LogP contribution in [-0.2, 0) is 6.18 Å². The summed E-state index contributed by atoms with van der Waals surface area (Å²) in [4.78, 5) is 22.3. The van der Waals surface area contributed by atoms with Gasteiger partial charge >= 0.3 is 6.18 Å². The molecule has 18 heteroatoms.